The molecule has 0 amide bonds. The molecule has 0 bridgehead atoms. The van der Waals surface area contributed by atoms with Gasteiger partial charge in [-0.05, 0) is 48.4 Å². The highest BCUT2D eigenvalue weighted by molar-refractivity contribution is 14.1. The second kappa shape index (κ2) is 6.52. The number of aromatic nitrogens is 2. The van der Waals surface area contributed by atoms with Gasteiger partial charge in [0.25, 0.3) is 0 Å². The Kier molecular flexibility index (Phi) is 4.96. The minimum absolute atomic E-state index is 0.600. The smallest absolute Gasteiger partial charge is 0.140 e. The molecule has 0 aliphatic rings. The van der Waals surface area contributed by atoms with Crippen molar-refractivity contribution in [3.63, 3.8) is 0 Å². The van der Waals surface area contributed by atoms with Crippen LogP contribution < -0.4 is 5.73 Å². The van der Waals surface area contributed by atoms with Crippen LogP contribution in [0.4, 0.5) is 5.82 Å². The Bertz CT molecular complexity index is 603. The molecule has 0 radical (unpaired) electrons. The van der Waals surface area contributed by atoms with Crippen LogP contribution >= 0.6 is 22.6 Å². The van der Waals surface area contributed by atoms with Crippen molar-refractivity contribution in [2.75, 3.05) is 5.73 Å². The number of nitrogens with zero attached hydrogens (tertiary/aromatic N) is 2. The average molecular weight is 381 g/mol. The molecule has 0 unspecified atom stereocenters. The zero-order valence-electron chi connectivity index (χ0n) is 12.2. The molecule has 0 saturated carbocycles. The minimum Gasteiger partial charge on any atom is -0.383 e. The minimum atomic E-state index is 0.600. The van der Waals surface area contributed by atoms with E-state index >= 15 is 0 Å². The lowest BCUT2D eigenvalue weighted by molar-refractivity contribution is 0.836. The number of hydrogen-bond donors (Lipinski definition) is 1. The van der Waals surface area contributed by atoms with Crippen LogP contribution in [0.2, 0.25) is 0 Å². The quantitative estimate of drug-likeness (QED) is 0.820. The number of benzene rings is 1. The van der Waals surface area contributed by atoms with Crippen LogP contribution in [0.15, 0.2) is 18.2 Å². The lowest BCUT2D eigenvalue weighted by Crippen LogP contribution is -2.08. The average Bonchev–Trinajstić information content (AvgIpc) is 2.34. The highest BCUT2D eigenvalue weighted by Gasteiger charge is 2.10. The summed E-state index contributed by atoms with van der Waals surface area (Å²) in [6, 6.07) is 6.54. The van der Waals surface area contributed by atoms with Gasteiger partial charge in [0.05, 0.1) is 9.26 Å². The van der Waals surface area contributed by atoms with Gasteiger partial charge in [-0.15, -0.1) is 0 Å². The fourth-order valence-corrected chi connectivity index (χ4v) is 2.91. The van der Waals surface area contributed by atoms with Crippen molar-refractivity contribution in [2.45, 2.75) is 40.0 Å². The molecule has 1 heterocycles. The molecule has 0 saturated heterocycles. The van der Waals surface area contributed by atoms with Crippen molar-refractivity contribution in [3.8, 4) is 0 Å². The van der Waals surface area contributed by atoms with E-state index in [2.05, 4.69) is 71.5 Å². The standard InChI is InChI=1S/C16H20IN3/c1-4-5-13-15(17)16(18)20-14(19-13)9-12-7-10(2)6-11(3)8-12/h6-8H,4-5,9H2,1-3H3,(H2,18,19,20). The number of nitrogens with two attached hydrogens (primary N) is 1. The fourth-order valence-electron chi connectivity index (χ4n) is 2.40. The summed E-state index contributed by atoms with van der Waals surface area (Å²) in [4.78, 5) is 9.11. The molecule has 0 aliphatic carbocycles. The van der Waals surface area contributed by atoms with Crippen LogP contribution in [-0.4, -0.2) is 9.97 Å². The molecular weight excluding hydrogens is 361 g/mol. The lowest BCUT2D eigenvalue weighted by Gasteiger charge is -2.09. The van der Waals surface area contributed by atoms with Crippen molar-refractivity contribution in [1.82, 2.24) is 9.97 Å². The van der Waals surface area contributed by atoms with E-state index in [1.54, 1.807) is 0 Å². The van der Waals surface area contributed by atoms with Crippen molar-refractivity contribution < 1.29 is 0 Å². The Morgan fingerprint density at radius 3 is 2.35 bits per heavy atom. The Hall–Kier alpha value is -1.17. The molecule has 2 rings (SSSR count). The maximum Gasteiger partial charge on any atom is 0.140 e. The molecule has 0 aliphatic heterocycles. The molecule has 0 atom stereocenters. The number of halogens is 1. The van der Waals surface area contributed by atoms with E-state index in [4.69, 9.17) is 5.73 Å². The van der Waals surface area contributed by atoms with Gasteiger partial charge >= 0.3 is 0 Å². The van der Waals surface area contributed by atoms with Crippen molar-refractivity contribution in [3.05, 3.63) is 50.0 Å². The highest BCUT2D eigenvalue weighted by atomic mass is 127. The second-order valence-corrected chi connectivity index (χ2v) is 6.29. The van der Waals surface area contributed by atoms with E-state index in [0.717, 1.165) is 34.4 Å². The number of anilines is 1. The third-order valence-corrected chi connectivity index (χ3v) is 4.30. The zero-order valence-corrected chi connectivity index (χ0v) is 14.4. The summed E-state index contributed by atoms with van der Waals surface area (Å²) < 4.78 is 0.994. The Morgan fingerprint density at radius 1 is 1.10 bits per heavy atom. The van der Waals surface area contributed by atoms with Crippen molar-refractivity contribution >= 4 is 28.4 Å². The van der Waals surface area contributed by atoms with Crippen LogP contribution in [0.5, 0.6) is 0 Å². The number of aryl methyl sites for hydroxylation is 3. The first-order valence-electron chi connectivity index (χ1n) is 6.87. The van der Waals surface area contributed by atoms with Gasteiger partial charge in [-0.2, -0.15) is 0 Å². The van der Waals surface area contributed by atoms with Gasteiger partial charge in [-0.25, -0.2) is 9.97 Å². The SMILES string of the molecule is CCCc1nc(Cc2cc(C)cc(C)c2)nc(N)c1I. The van der Waals surface area contributed by atoms with E-state index in [1.807, 2.05) is 0 Å². The van der Waals surface area contributed by atoms with Crippen LogP contribution in [0.3, 0.4) is 0 Å². The fraction of sp³-hybridized carbons (Fsp3) is 0.375. The van der Waals surface area contributed by atoms with Crippen molar-refractivity contribution in [1.29, 1.82) is 0 Å². The van der Waals surface area contributed by atoms with E-state index in [0.29, 0.717) is 5.82 Å². The summed E-state index contributed by atoms with van der Waals surface area (Å²) in [5, 5.41) is 0. The van der Waals surface area contributed by atoms with Gasteiger partial charge in [-0.1, -0.05) is 42.7 Å². The maximum absolute atomic E-state index is 6.01. The molecule has 2 N–H and O–H groups in total. The van der Waals surface area contributed by atoms with E-state index in [1.165, 1.54) is 16.7 Å². The summed E-state index contributed by atoms with van der Waals surface area (Å²) in [5.41, 5.74) is 10.9. The van der Waals surface area contributed by atoms with Crippen molar-refractivity contribution in [2.24, 2.45) is 0 Å². The molecule has 20 heavy (non-hydrogen) atoms. The first-order chi connectivity index (χ1) is 9.49. The summed E-state index contributed by atoms with van der Waals surface area (Å²) in [6.45, 7) is 6.38. The third kappa shape index (κ3) is 3.69. The van der Waals surface area contributed by atoms with E-state index in [-0.39, 0.29) is 0 Å². The summed E-state index contributed by atoms with van der Waals surface area (Å²) in [7, 11) is 0. The second-order valence-electron chi connectivity index (χ2n) is 5.21. The summed E-state index contributed by atoms with van der Waals surface area (Å²) in [5.74, 6) is 1.42. The zero-order chi connectivity index (χ0) is 14.7. The summed E-state index contributed by atoms with van der Waals surface area (Å²) in [6.07, 6.45) is 2.75. The lowest BCUT2D eigenvalue weighted by atomic mass is 10.0. The molecular formula is C16H20IN3. The normalized spacial score (nSPS) is 10.8. The monoisotopic (exact) mass is 381 g/mol. The highest BCUT2D eigenvalue weighted by Crippen LogP contribution is 2.19. The molecule has 1 aromatic carbocycles. The number of rotatable bonds is 4. The Morgan fingerprint density at radius 2 is 1.75 bits per heavy atom. The third-order valence-electron chi connectivity index (χ3n) is 3.12. The van der Waals surface area contributed by atoms with Crippen LogP contribution in [0.25, 0.3) is 0 Å². The Balaban J connectivity index is 2.33. The molecule has 0 spiro atoms. The van der Waals surface area contributed by atoms with Gasteiger partial charge in [0.1, 0.15) is 11.6 Å². The van der Waals surface area contributed by atoms with E-state index < -0.39 is 0 Å². The van der Waals surface area contributed by atoms with Gasteiger partial charge in [0.15, 0.2) is 0 Å². The Labute approximate surface area is 134 Å². The van der Waals surface area contributed by atoms with Crippen LogP contribution in [0, 0.1) is 17.4 Å². The van der Waals surface area contributed by atoms with E-state index in [9.17, 15) is 0 Å². The van der Waals surface area contributed by atoms with Crippen LogP contribution in [-0.2, 0) is 12.8 Å². The molecule has 3 nitrogen and oxygen atoms in total. The molecule has 2 aromatic rings. The van der Waals surface area contributed by atoms with Gasteiger partial charge in [0.2, 0.25) is 0 Å². The molecule has 1 aromatic heterocycles. The predicted octanol–water partition coefficient (Wildman–Crippen LogP) is 3.82. The topological polar surface area (TPSA) is 51.8 Å². The first-order valence-corrected chi connectivity index (χ1v) is 7.95. The largest absolute Gasteiger partial charge is 0.383 e. The van der Waals surface area contributed by atoms with Gasteiger partial charge < -0.3 is 5.73 Å². The predicted molar refractivity (Wildman–Crippen MR) is 91.9 cm³/mol. The van der Waals surface area contributed by atoms with Gasteiger partial charge in [-0.3, -0.25) is 0 Å². The maximum atomic E-state index is 6.01. The molecule has 4 heteroatoms. The summed E-state index contributed by atoms with van der Waals surface area (Å²) >= 11 is 2.24. The van der Waals surface area contributed by atoms with Crippen LogP contribution in [0.1, 0.15) is 41.6 Å². The first kappa shape index (κ1) is 15.2. The molecule has 106 valence electrons. The number of hydrogen-bond acceptors (Lipinski definition) is 3. The van der Waals surface area contributed by atoms with Gasteiger partial charge in [0, 0.05) is 6.42 Å². The number of nitrogen functional groups attached to an aromatic ring is 1. The molecule has 0 fully saturated rings.